The highest BCUT2D eigenvalue weighted by atomic mass is 16.5. The summed E-state index contributed by atoms with van der Waals surface area (Å²) in [5.41, 5.74) is 2.18. The van der Waals surface area contributed by atoms with E-state index in [9.17, 15) is 0 Å². The standard InChI is InChI=1S/C12H16N2O/c1-4-15-10-5-6-14-11(9(2)3)8-13-12(14)7-10/h5-9H,4H2,1-3H3. The number of ether oxygens (including phenoxy) is 1. The number of pyridine rings is 1. The largest absolute Gasteiger partial charge is 0.494 e. The first kappa shape index (κ1) is 10.0. The summed E-state index contributed by atoms with van der Waals surface area (Å²) < 4.78 is 7.53. The molecule has 2 heterocycles. The monoisotopic (exact) mass is 204 g/mol. The van der Waals surface area contributed by atoms with Crippen molar-refractivity contribution in [1.29, 1.82) is 0 Å². The van der Waals surface area contributed by atoms with Gasteiger partial charge in [0.1, 0.15) is 11.4 Å². The van der Waals surface area contributed by atoms with Crippen molar-refractivity contribution in [3.05, 3.63) is 30.2 Å². The van der Waals surface area contributed by atoms with Gasteiger partial charge in [-0.3, -0.25) is 0 Å². The Morgan fingerprint density at radius 1 is 1.47 bits per heavy atom. The van der Waals surface area contributed by atoms with E-state index in [1.165, 1.54) is 5.69 Å². The minimum atomic E-state index is 0.484. The van der Waals surface area contributed by atoms with Crippen molar-refractivity contribution in [1.82, 2.24) is 9.38 Å². The topological polar surface area (TPSA) is 26.5 Å². The maximum atomic E-state index is 5.43. The maximum Gasteiger partial charge on any atom is 0.140 e. The zero-order valence-corrected chi connectivity index (χ0v) is 9.40. The van der Waals surface area contributed by atoms with Crippen LogP contribution in [0.1, 0.15) is 32.4 Å². The van der Waals surface area contributed by atoms with Crippen LogP contribution in [0.15, 0.2) is 24.5 Å². The minimum Gasteiger partial charge on any atom is -0.494 e. The summed E-state index contributed by atoms with van der Waals surface area (Å²) in [7, 11) is 0. The fraction of sp³-hybridized carbons (Fsp3) is 0.417. The second kappa shape index (κ2) is 3.93. The van der Waals surface area contributed by atoms with Crippen LogP contribution >= 0.6 is 0 Å². The van der Waals surface area contributed by atoms with E-state index >= 15 is 0 Å². The molecule has 0 bridgehead atoms. The summed E-state index contributed by atoms with van der Waals surface area (Å²) in [6.45, 7) is 7.00. The average Bonchev–Trinajstić information content (AvgIpc) is 2.61. The molecule has 3 nitrogen and oxygen atoms in total. The molecule has 0 unspecified atom stereocenters. The van der Waals surface area contributed by atoms with Gasteiger partial charge in [0, 0.05) is 24.2 Å². The van der Waals surface area contributed by atoms with Gasteiger partial charge >= 0.3 is 0 Å². The van der Waals surface area contributed by atoms with E-state index in [4.69, 9.17) is 4.74 Å². The van der Waals surface area contributed by atoms with Crippen LogP contribution < -0.4 is 4.74 Å². The first-order valence-electron chi connectivity index (χ1n) is 5.32. The molecule has 0 aliphatic carbocycles. The molecule has 0 radical (unpaired) electrons. The summed E-state index contributed by atoms with van der Waals surface area (Å²) in [5, 5.41) is 0. The Balaban J connectivity index is 2.47. The summed E-state index contributed by atoms with van der Waals surface area (Å²) in [5.74, 6) is 1.36. The molecule has 2 aromatic rings. The molecule has 0 fully saturated rings. The molecule has 3 heteroatoms. The average molecular weight is 204 g/mol. The smallest absolute Gasteiger partial charge is 0.140 e. The molecule has 0 aliphatic heterocycles. The van der Waals surface area contributed by atoms with Gasteiger partial charge in [0.25, 0.3) is 0 Å². The first-order valence-corrected chi connectivity index (χ1v) is 5.32. The molecule has 15 heavy (non-hydrogen) atoms. The van der Waals surface area contributed by atoms with Gasteiger partial charge in [-0.05, 0) is 18.9 Å². The fourth-order valence-corrected chi connectivity index (χ4v) is 1.67. The van der Waals surface area contributed by atoms with Gasteiger partial charge < -0.3 is 9.14 Å². The van der Waals surface area contributed by atoms with Gasteiger partial charge in [0.2, 0.25) is 0 Å². The Morgan fingerprint density at radius 2 is 2.27 bits per heavy atom. The summed E-state index contributed by atoms with van der Waals surface area (Å²) in [6.07, 6.45) is 3.94. The van der Waals surface area contributed by atoms with Gasteiger partial charge in [-0.2, -0.15) is 0 Å². The number of hydrogen-bond donors (Lipinski definition) is 0. The number of nitrogens with zero attached hydrogens (tertiary/aromatic N) is 2. The lowest BCUT2D eigenvalue weighted by Gasteiger charge is -2.06. The molecule has 2 aromatic heterocycles. The minimum absolute atomic E-state index is 0.484. The Morgan fingerprint density at radius 3 is 2.93 bits per heavy atom. The maximum absolute atomic E-state index is 5.43. The van der Waals surface area contributed by atoms with Crippen molar-refractivity contribution >= 4 is 5.65 Å². The first-order chi connectivity index (χ1) is 7.22. The highest BCUT2D eigenvalue weighted by molar-refractivity contribution is 5.46. The lowest BCUT2D eigenvalue weighted by atomic mass is 10.1. The number of imidazole rings is 1. The third-order valence-corrected chi connectivity index (χ3v) is 2.42. The molecular weight excluding hydrogens is 188 g/mol. The number of hydrogen-bond acceptors (Lipinski definition) is 2. The number of aromatic nitrogens is 2. The van der Waals surface area contributed by atoms with Crippen LogP contribution in [-0.4, -0.2) is 16.0 Å². The molecule has 0 saturated carbocycles. The highest BCUT2D eigenvalue weighted by Crippen LogP contribution is 2.19. The molecule has 2 rings (SSSR count). The second-order valence-electron chi connectivity index (χ2n) is 3.86. The van der Waals surface area contributed by atoms with Gasteiger partial charge in [0.05, 0.1) is 6.61 Å². The Hall–Kier alpha value is -1.51. The molecule has 0 spiro atoms. The van der Waals surface area contributed by atoms with Crippen LogP contribution in [0.3, 0.4) is 0 Å². The zero-order chi connectivity index (χ0) is 10.8. The van der Waals surface area contributed by atoms with E-state index in [-0.39, 0.29) is 0 Å². The van der Waals surface area contributed by atoms with E-state index < -0.39 is 0 Å². The van der Waals surface area contributed by atoms with E-state index in [0.717, 1.165) is 11.4 Å². The van der Waals surface area contributed by atoms with Crippen molar-refractivity contribution in [3.63, 3.8) is 0 Å². The van der Waals surface area contributed by atoms with Crippen molar-refractivity contribution in [3.8, 4) is 5.75 Å². The van der Waals surface area contributed by atoms with Gasteiger partial charge in [0.15, 0.2) is 0 Å². The van der Waals surface area contributed by atoms with Crippen LogP contribution in [0.5, 0.6) is 5.75 Å². The van der Waals surface area contributed by atoms with Gasteiger partial charge in [-0.1, -0.05) is 13.8 Å². The third-order valence-electron chi connectivity index (χ3n) is 2.42. The predicted octanol–water partition coefficient (Wildman–Crippen LogP) is 2.86. The van der Waals surface area contributed by atoms with E-state index in [1.807, 2.05) is 31.5 Å². The molecule has 0 N–H and O–H groups in total. The highest BCUT2D eigenvalue weighted by Gasteiger charge is 2.07. The Labute approximate surface area is 89.7 Å². The van der Waals surface area contributed by atoms with Crippen LogP contribution in [0, 0.1) is 0 Å². The molecular formula is C12H16N2O. The lowest BCUT2D eigenvalue weighted by molar-refractivity contribution is 0.340. The van der Waals surface area contributed by atoms with Crippen molar-refractivity contribution in [2.75, 3.05) is 6.61 Å². The molecule has 0 aliphatic rings. The van der Waals surface area contributed by atoms with Crippen LogP contribution in [0.25, 0.3) is 5.65 Å². The fourth-order valence-electron chi connectivity index (χ4n) is 1.67. The normalized spacial score (nSPS) is 11.2. The number of rotatable bonds is 3. The lowest BCUT2D eigenvalue weighted by Crippen LogP contribution is -1.96. The van der Waals surface area contributed by atoms with Crippen molar-refractivity contribution < 1.29 is 4.74 Å². The molecule has 0 saturated heterocycles. The van der Waals surface area contributed by atoms with Crippen molar-refractivity contribution in [2.24, 2.45) is 0 Å². The summed E-state index contributed by atoms with van der Waals surface area (Å²) in [6, 6.07) is 3.94. The van der Waals surface area contributed by atoms with E-state index in [2.05, 4.69) is 23.2 Å². The SMILES string of the molecule is CCOc1ccn2c(C(C)C)cnc2c1. The van der Waals surface area contributed by atoms with E-state index in [1.54, 1.807) is 0 Å². The zero-order valence-electron chi connectivity index (χ0n) is 9.40. The Bertz CT molecular complexity index is 460. The third kappa shape index (κ3) is 1.82. The number of fused-ring (bicyclic) bond motifs is 1. The van der Waals surface area contributed by atoms with Gasteiger partial charge in [-0.25, -0.2) is 4.98 Å². The van der Waals surface area contributed by atoms with E-state index in [0.29, 0.717) is 12.5 Å². The van der Waals surface area contributed by atoms with Crippen LogP contribution in [0.2, 0.25) is 0 Å². The van der Waals surface area contributed by atoms with Crippen molar-refractivity contribution in [2.45, 2.75) is 26.7 Å². The molecule has 0 aromatic carbocycles. The summed E-state index contributed by atoms with van der Waals surface area (Å²) >= 11 is 0. The quantitative estimate of drug-likeness (QED) is 0.768. The predicted molar refractivity (Wildman–Crippen MR) is 60.5 cm³/mol. The molecule has 80 valence electrons. The van der Waals surface area contributed by atoms with Crippen LogP contribution in [0.4, 0.5) is 0 Å². The molecule has 0 amide bonds. The second-order valence-corrected chi connectivity index (χ2v) is 3.86. The Kier molecular flexibility index (Phi) is 2.62. The van der Waals surface area contributed by atoms with Gasteiger partial charge in [-0.15, -0.1) is 0 Å². The summed E-state index contributed by atoms with van der Waals surface area (Å²) in [4.78, 5) is 4.37. The van der Waals surface area contributed by atoms with Crippen LogP contribution in [-0.2, 0) is 0 Å². The molecule has 0 atom stereocenters.